The van der Waals surface area contributed by atoms with Crippen molar-refractivity contribution in [3.8, 4) is 0 Å². The van der Waals surface area contributed by atoms with E-state index in [1.54, 1.807) is 0 Å². The molecule has 1 atom stereocenters. The highest BCUT2D eigenvalue weighted by Gasteiger charge is 2.21. The first-order valence-corrected chi connectivity index (χ1v) is 7.24. The second kappa shape index (κ2) is 6.16. The van der Waals surface area contributed by atoms with E-state index in [4.69, 9.17) is 0 Å². The minimum atomic E-state index is 0.404. The van der Waals surface area contributed by atoms with Crippen LogP contribution in [0.2, 0.25) is 0 Å². The molecular weight excluding hydrogens is 232 g/mol. The summed E-state index contributed by atoms with van der Waals surface area (Å²) < 4.78 is 0. The number of rotatable bonds is 5. The Labute approximate surface area is 116 Å². The van der Waals surface area contributed by atoms with Gasteiger partial charge in [0.2, 0.25) is 0 Å². The van der Waals surface area contributed by atoms with Gasteiger partial charge in [-0.15, -0.1) is 0 Å². The number of benzene rings is 1. The third-order valence-electron chi connectivity index (χ3n) is 4.04. The zero-order valence-electron chi connectivity index (χ0n) is 12.4. The van der Waals surface area contributed by atoms with Gasteiger partial charge in [0.1, 0.15) is 0 Å². The van der Waals surface area contributed by atoms with Crippen molar-refractivity contribution in [1.82, 2.24) is 10.3 Å². The molecule has 1 aromatic heterocycles. The predicted octanol–water partition coefficient (Wildman–Crippen LogP) is 4.24. The Morgan fingerprint density at radius 3 is 2.47 bits per heavy atom. The van der Waals surface area contributed by atoms with Crippen molar-refractivity contribution in [1.29, 1.82) is 0 Å². The molecule has 0 saturated heterocycles. The van der Waals surface area contributed by atoms with Gasteiger partial charge in [-0.25, -0.2) is 0 Å². The molecule has 102 valence electrons. The lowest BCUT2D eigenvalue weighted by atomic mass is 9.87. The molecule has 0 radical (unpaired) electrons. The SMILES string of the molecule is CCC(CC)C(NC)c1cc(C)nc2ccccc12. The summed E-state index contributed by atoms with van der Waals surface area (Å²) in [7, 11) is 2.06. The van der Waals surface area contributed by atoms with E-state index in [1.807, 2.05) is 0 Å². The number of aryl methyl sites for hydroxylation is 1. The van der Waals surface area contributed by atoms with Crippen LogP contribution in [0.25, 0.3) is 10.9 Å². The van der Waals surface area contributed by atoms with Crippen molar-refractivity contribution in [2.75, 3.05) is 7.05 Å². The number of nitrogens with zero attached hydrogens (tertiary/aromatic N) is 1. The van der Waals surface area contributed by atoms with Crippen molar-refractivity contribution < 1.29 is 0 Å². The Hall–Kier alpha value is -1.41. The van der Waals surface area contributed by atoms with E-state index in [9.17, 15) is 0 Å². The Bertz CT molecular complexity index is 544. The maximum absolute atomic E-state index is 4.64. The molecule has 1 N–H and O–H groups in total. The normalized spacial score (nSPS) is 13.1. The zero-order chi connectivity index (χ0) is 13.8. The van der Waals surface area contributed by atoms with Gasteiger partial charge < -0.3 is 5.32 Å². The molecule has 2 rings (SSSR count). The third-order valence-corrected chi connectivity index (χ3v) is 4.04. The van der Waals surface area contributed by atoms with Gasteiger partial charge >= 0.3 is 0 Å². The largest absolute Gasteiger partial charge is 0.313 e. The number of pyridine rings is 1. The van der Waals surface area contributed by atoms with Crippen LogP contribution in [-0.4, -0.2) is 12.0 Å². The summed E-state index contributed by atoms with van der Waals surface area (Å²) in [6.45, 7) is 6.62. The number of para-hydroxylation sites is 1. The molecule has 0 bridgehead atoms. The van der Waals surface area contributed by atoms with Gasteiger partial charge in [0.25, 0.3) is 0 Å². The van der Waals surface area contributed by atoms with Crippen molar-refractivity contribution in [2.24, 2.45) is 5.92 Å². The Morgan fingerprint density at radius 2 is 1.84 bits per heavy atom. The lowest BCUT2D eigenvalue weighted by molar-refractivity contribution is 0.361. The minimum Gasteiger partial charge on any atom is -0.313 e. The van der Waals surface area contributed by atoms with Gasteiger partial charge in [-0.05, 0) is 37.6 Å². The third kappa shape index (κ3) is 2.79. The lowest BCUT2D eigenvalue weighted by Gasteiger charge is -2.26. The van der Waals surface area contributed by atoms with Crippen LogP contribution in [0.1, 0.15) is 44.0 Å². The smallest absolute Gasteiger partial charge is 0.0708 e. The maximum atomic E-state index is 4.64. The maximum Gasteiger partial charge on any atom is 0.0708 e. The highest BCUT2D eigenvalue weighted by Crippen LogP contribution is 2.32. The number of hydrogen-bond donors (Lipinski definition) is 1. The zero-order valence-corrected chi connectivity index (χ0v) is 12.4. The first-order valence-electron chi connectivity index (χ1n) is 7.24. The lowest BCUT2D eigenvalue weighted by Crippen LogP contribution is -2.25. The quantitative estimate of drug-likeness (QED) is 0.865. The molecule has 2 aromatic rings. The average Bonchev–Trinajstić information content (AvgIpc) is 2.43. The van der Waals surface area contributed by atoms with Gasteiger partial charge in [-0.2, -0.15) is 0 Å². The molecule has 0 aliphatic carbocycles. The van der Waals surface area contributed by atoms with Crippen LogP contribution in [0, 0.1) is 12.8 Å². The molecule has 0 amide bonds. The van der Waals surface area contributed by atoms with Crippen LogP contribution in [0.5, 0.6) is 0 Å². The summed E-state index contributed by atoms with van der Waals surface area (Å²) in [5, 5.41) is 4.79. The van der Waals surface area contributed by atoms with Crippen LogP contribution < -0.4 is 5.32 Å². The van der Waals surface area contributed by atoms with Gasteiger partial charge in [0.05, 0.1) is 5.52 Å². The topological polar surface area (TPSA) is 24.9 Å². The van der Waals surface area contributed by atoms with E-state index in [1.165, 1.54) is 23.8 Å². The summed E-state index contributed by atoms with van der Waals surface area (Å²) in [5.74, 6) is 0.662. The molecule has 1 aromatic carbocycles. The molecule has 2 heteroatoms. The first kappa shape index (κ1) is 14.0. The predicted molar refractivity (Wildman–Crippen MR) is 82.4 cm³/mol. The van der Waals surface area contributed by atoms with Crippen molar-refractivity contribution in [3.63, 3.8) is 0 Å². The van der Waals surface area contributed by atoms with Crippen LogP contribution in [-0.2, 0) is 0 Å². The van der Waals surface area contributed by atoms with Crippen molar-refractivity contribution >= 4 is 10.9 Å². The van der Waals surface area contributed by atoms with E-state index in [2.05, 4.69) is 68.5 Å². The summed E-state index contributed by atoms with van der Waals surface area (Å²) >= 11 is 0. The van der Waals surface area contributed by atoms with E-state index in [-0.39, 0.29) is 0 Å². The highest BCUT2D eigenvalue weighted by molar-refractivity contribution is 5.82. The summed E-state index contributed by atoms with van der Waals surface area (Å²) in [6.07, 6.45) is 2.38. The Kier molecular flexibility index (Phi) is 4.54. The molecule has 0 saturated carbocycles. The highest BCUT2D eigenvalue weighted by atomic mass is 14.9. The summed E-state index contributed by atoms with van der Waals surface area (Å²) in [4.78, 5) is 4.64. The molecule has 1 heterocycles. The minimum absolute atomic E-state index is 0.404. The molecule has 19 heavy (non-hydrogen) atoms. The van der Waals surface area contributed by atoms with Crippen LogP contribution in [0.15, 0.2) is 30.3 Å². The van der Waals surface area contributed by atoms with Crippen molar-refractivity contribution in [2.45, 2.75) is 39.7 Å². The number of aromatic nitrogens is 1. The fourth-order valence-electron chi connectivity index (χ4n) is 3.00. The van der Waals surface area contributed by atoms with Gasteiger partial charge in [0.15, 0.2) is 0 Å². The monoisotopic (exact) mass is 256 g/mol. The van der Waals surface area contributed by atoms with E-state index < -0.39 is 0 Å². The second-order valence-electron chi connectivity index (χ2n) is 5.21. The Morgan fingerprint density at radius 1 is 1.16 bits per heavy atom. The summed E-state index contributed by atoms with van der Waals surface area (Å²) in [6, 6.07) is 11.1. The fourth-order valence-corrected chi connectivity index (χ4v) is 3.00. The standard InChI is InChI=1S/C17H24N2/c1-5-13(6-2)17(18-4)15-11-12(3)19-16-10-8-7-9-14(15)16/h7-11,13,17-18H,5-6H2,1-4H3. The van der Waals surface area contributed by atoms with Crippen LogP contribution >= 0.6 is 0 Å². The molecule has 0 fully saturated rings. The number of fused-ring (bicyclic) bond motifs is 1. The molecule has 0 aliphatic rings. The number of nitrogens with one attached hydrogen (secondary N) is 1. The van der Waals surface area contributed by atoms with Crippen LogP contribution in [0.4, 0.5) is 0 Å². The molecule has 0 aliphatic heterocycles. The van der Waals surface area contributed by atoms with Gasteiger partial charge in [-0.3, -0.25) is 4.98 Å². The summed E-state index contributed by atoms with van der Waals surface area (Å²) in [5.41, 5.74) is 3.59. The van der Waals surface area contributed by atoms with E-state index >= 15 is 0 Å². The van der Waals surface area contributed by atoms with Gasteiger partial charge in [-0.1, -0.05) is 44.9 Å². The van der Waals surface area contributed by atoms with E-state index in [0.29, 0.717) is 12.0 Å². The van der Waals surface area contributed by atoms with E-state index in [0.717, 1.165) is 11.2 Å². The molecule has 0 spiro atoms. The average molecular weight is 256 g/mol. The van der Waals surface area contributed by atoms with Crippen LogP contribution in [0.3, 0.4) is 0 Å². The number of hydrogen-bond acceptors (Lipinski definition) is 2. The second-order valence-corrected chi connectivity index (χ2v) is 5.21. The van der Waals surface area contributed by atoms with Gasteiger partial charge in [0, 0.05) is 17.1 Å². The van der Waals surface area contributed by atoms with Crippen molar-refractivity contribution in [3.05, 3.63) is 41.6 Å². The Balaban J connectivity index is 2.58. The molecule has 1 unspecified atom stereocenters. The first-order chi connectivity index (χ1) is 9.21. The molecular formula is C17H24N2. The fraction of sp³-hybridized carbons (Fsp3) is 0.471. The molecule has 2 nitrogen and oxygen atoms in total.